The molecule has 0 aliphatic carbocycles. The molecule has 1 heterocycles. The Morgan fingerprint density at radius 2 is 1.62 bits per heavy atom. The van der Waals surface area contributed by atoms with Crippen LogP contribution < -0.4 is 4.74 Å². The number of esters is 1. The van der Waals surface area contributed by atoms with Gasteiger partial charge in [-0.15, -0.1) is 0 Å². The molecule has 1 aliphatic rings. The first-order chi connectivity index (χ1) is 10.3. The molecule has 0 bridgehead atoms. The molecule has 1 fully saturated rings. The second-order valence-corrected chi connectivity index (χ2v) is 4.72. The summed E-state index contributed by atoms with van der Waals surface area (Å²) in [4.78, 5) is 12.1. The van der Waals surface area contributed by atoms with E-state index in [1.807, 2.05) is 24.3 Å². The van der Waals surface area contributed by atoms with Crippen LogP contribution in [-0.2, 0) is 9.47 Å². The minimum Gasteiger partial charge on any atom is -0.422 e. The number of hydrogen-bond donors (Lipinski definition) is 0. The fourth-order valence-corrected chi connectivity index (χ4v) is 2.17. The van der Waals surface area contributed by atoms with Crippen molar-refractivity contribution in [1.82, 2.24) is 0 Å². The number of ether oxygens (including phenoxy) is 3. The highest BCUT2D eigenvalue weighted by Crippen LogP contribution is 2.31. The van der Waals surface area contributed by atoms with Crippen molar-refractivity contribution in [2.45, 2.75) is 12.7 Å². The summed E-state index contributed by atoms with van der Waals surface area (Å²) in [5.74, 6) is 0.0807. The van der Waals surface area contributed by atoms with Crippen LogP contribution in [0.3, 0.4) is 0 Å². The third-order valence-corrected chi connectivity index (χ3v) is 3.21. The Kier molecular flexibility index (Phi) is 4.28. The van der Waals surface area contributed by atoms with Crippen molar-refractivity contribution in [3.63, 3.8) is 0 Å². The summed E-state index contributed by atoms with van der Waals surface area (Å²) in [6, 6.07) is 16.2. The van der Waals surface area contributed by atoms with Gasteiger partial charge in [-0.25, -0.2) is 4.79 Å². The Balaban J connectivity index is 1.80. The second-order valence-electron chi connectivity index (χ2n) is 4.72. The highest BCUT2D eigenvalue weighted by Gasteiger charge is 2.21. The summed E-state index contributed by atoms with van der Waals surface area (Å²) in [6.45, 7) is 1.29. The monoisotopic (exact) mass is 284 g/mol. The van der Waals surface area contributed by atoms with Gasteiger partial charge in [0.2, 0.25) is 0 Å². The van der Waals surface area contributed by atoms with E-state index in [0.29, 0.717) is 24.5 Å². The number of carbonyl (C=O) groups excluding carboxylic acids is 1. The zero-order chi connectivity index (χ0) is 14.5. The molecule has 0 amide bonds. The van der Waals surface area contributed by atoms with Crippen molar-refractivity contribution in [1.29, 1.82) is 0 Å². The molecule has 3 rings (SSSR count). The molecule has 0 unspecified atom stereocenters. The predicted octanol–water partition coefficient (Wildman–Crippen LogP) is 3.34. The van der Waals surface area contributed by atoms with Crippen LogP contribution in [0.15, 0.2) is 54.6 Å². The van der Waals surface area contributed by atoms with E-state index < -0.39 is 6.29 Å². The first kappa shape index (κ1) is 13.8. The molecule has 2 aromatic rings. The Morgan fingerprint density at radius 3 is 2.38 bits per heavy atom. The number of carbonyl (C=O) groups is 1. The standard InChI is InChI=1S/C17H16O4/c18-16(13-7-2-1-3-8-13)21-15-10-5-4-9-14(15)17-19-11-6-12-20-17/h1-5,7-10,17H,6,11-12H2. The first-order valence-electron chi connectivity index (χ1n) is 6.94. The molecule has 2 aromatic carbocycles. The molecule has 1 saturated heterocycles. The van der Waals surface area contributed by atoms with Gasteiger partial charge in [-0.1, -0.05) is 36.4 Å². The molecule has 1 aliphatic heterocycles. The minimum atomic E-state index is -0.474. The van der Waals surface area contributed by atoms with Gasteiger partial charge < -0.3 is 14.2 Å². The van der Waals surface area contributed by atoms with E-state index in [-0.39, 0.29) is 5.97 Å². The van der Waals surface area contributed by atoms with Gasteiger partial charge in [0.15, 0.2) is 6.29 Å². The molecule has 108 valence electrons. The van der Waals surface area contributed by atoms with E-state index in [4.69, 9.17) is 14.2 Å². The van der Waals surface area contributed by atoms with Crippen molar-refractivity contribution in [2.75, 3.05) is 13.2 Å². The quantitative estimate of drug-likeness (QED) is 0.640. The SMILES string of the molecule is O=C(Oc1ccccc1C1OCCCO1)c1ccccc1. The zero-order valence-electron chi connectivity index (χ0n) is 11.5. The largest absolute Gasteiger partial charge is 0.422 e. The molecule has 4 heteroatoms. The summed E-state index contributed by atoms with van der Waals surface area (Å²) in [6.07, 6.45) is 0.404. The molecule has 0 radical (unpaired) electrons. The van der Waals surface area contributed by atoms with E-state index in [1.54, 1.807) is 30.3 Å². The smallest absolute Gasteiger partial charge is 0.343 e. The average Bonchev–Trinajstić information content (AvgIpc) is 2.57. The van der Waals surface area contributed by atoms with Gasteiger partial charge in [-0.05, 0) is 24.6 Å². The van der Waals surface area contributed by atoms with E-state index in [1.165, 1.54) is 0 Å². The molecule has 21 heavy (non-hydrogen) atoms. The number of para-hydroxylation sites is 1. The topological polar surface area (TPSA) is 44.8 Å². The lowest BCUT2D eigenvalue weighted by molar-refractivity contribution is -0.183. The lowest BCUT2D eigenvalue weighted by atomic mass is 10.1. The van der Waals surface area contributed by atoms with Crippen molar-refractivity contribution >= 4 is 5.97 Å². The fourth-order valence-electron chi connectivity index (χ4n) is 2.17. The van der Waals surface area contributed by atoms with Gasteiger partial charge in [0.1, 0.15) is 5.75 Å². The molecular formula is C17H16O4. The van der Waals surface area contributed by atoms with Crippen LogP contribution in [0.4, 0.5) is 0 Å². The maximum absolute atomic E-state index is 12.1. The zero-order valence-corrected chi connectivity index (χ0v) is 11.5. The van der Waals surface area contributed by atoms with Crippen LogP contribution in [0, 0.1) is 0 Å². The van der Waals surface area contributed by atoms with E-state index in [9.17, 15) is 4.79 Å². The number of hydrogen-bond acceptors (Lipinski definition) is 4. The minimum absolute atomic E-state index is 0.390. The average molecular weight is 284 g/mol. The van der Waals surface area contributed by atoms with E-state index >= 15 is 0 Å². The number of benzene rings is 2. The van der Waals surface area contributed by atoms with Crippen molar-refractivity contribution in [3.05, 3.63) is 65.7 Å². The van der Waals surface area contributed by atoms with Gasteiger partial charge in [-0.2, -0.15) is 0 Å². The lowest BCUT2D eigenvalue weighted by Gasteiger charge is -2.24. The Bertz CT molecular complexity index is 603. The number of rotatable bonds is 3. The van der Waals surface area contributed by atoms with Crippen LogP contribution in [0.5, 0.6) is 5.75 Å². The molecular weight excluding hydrogens is 268 g/mol. The normalized spacial score (nSPS) is 15.6. The third kappa shape index (κ3) is 3.29. The summed E-state index contributed by atoms with van der Waals surface area (Å²) >= 11 is 0. The molecule has 4 nitrogen and oxygen atoms in total. The maximum Gasteiger partial charge on any atom is 0.343 e. The van der Waals surface area contributed by atoms with Gasteiger partial charge in [0, 0.05) is 0 Å². The molecule has 0 aromatic heterocycles. The summed E-state index contributed by atoms with van der Waals surface area (Å²) in [5, 5.41) is 0. The third-order valence-electron chi connectivity index (χ3n) is 3.21. The first-order valence-corrected chi connectivity index (χ1v) is 6.94. The van der Waals surface area contributed by atoms with Crippen molar-refractivity contribution in [2.24, 2.45) is 0 Å². The second kappa shape index (κ2) is 6.52. The summed E-state index contributed by atoms with van der Waals surface area (Å²) in [7, 11) is 0. The highest BCUT2D eigenvalue weighted by atomic mass is 16.7. The van der Waals surface area contributed by atoms with Crippen LogP contribution in [0.25, 0.3) is 0 Å². The van der Waals surface area contributed by atoms with E-state index in [2.05, 4.69) is 0 Å². The van der Waals surface area contributed by atoms with Crippen LogP contribution in [0.1, 0.15) is 28.6 Å². The van der Waals surface area contributed by atoms with Gasteiger partial charge >= 0.3 is 5.97 Å². The lowest BCUT2D eigenvalue weighted by Crippen LogP contribution is -2.19. The van der Waals surface area contributed by atoms with Crippen LogP contribution in [0.2, 0.25) is 0 Å². The molecule has 0 saturated carbocycles. The molecule has 0 spiro atoms. The van der Waals surface area contributed by atoms with Crippen molar-refractivity contribution < 1.29 is 19.0 Å². The Labute approximate surface area is 123 Å². The fraction of sp³-hybridized carbons (Fsp3) is 0.235. The van der Waals surface area contributed by atoms with Gasteiger partial charge in [0.05, 0.1) is 24.3 Å². The van der Waals surface area contributed by atoms with E-state index in [0.717, 1.165) is 12.0 Å². The maximum atomic E-state index is 12.1. The Hall–Kier alpha value is -2.17. The van der Waals surface area contributed by atoms with Gasteiger partial charge in [-0.3, -0.25) is 0 Å². The van der Waals surface area contributed by atoms with Crippen LogP contribution in [-0.4, -0.2) is 19.2 Å². The van der Waals surface area contributed by atoms with Gasteiger partial charge in [0.25, 0.3) is 0 Å². The molecule has 0 N–H and O–H groups in total. The summed E-state index contributed by atoms with van der Waals surface area (Å²) in [5.41, 5.74) is 1.25. The predicted molar refractivity (Wildman–Crippen MR) is 77.1 cm³/mol. The van der Waals surface area contributed by atoms with Crippen molar-refractivity contribution in [3.8, 4) is 5.75 Å². The molecule has 0 atom stereocenters. The summed E-state index contributed by atoms with van der Waals surface area (Å²) < 4.78 is 16.6. The Morgan fingerprint density at radius 1 is 0.952 bits per heavy atom. The van der Waals surface area contributed by atoms with Crippen LogP contribution >= 0.6 is 0 Å². The highest BCUT2D eigenvalue weighted by molar-refractivity contribution is 5.91.